The maximum atomic E-state index is 11.2. The van der Waals surface area contributed by atoms with Crippen molar-refractivity contribution in [2.45, 2.75) is 25.8 Å². The van der Waals surface area contributed by atoms with Crippen LogP contribution in [0.4, 0.5) is 0 Å². The van der Waals surface area contributed by atoms with Crippen LogP contribution in [-0.4, -0.2) is 24.4 Å². The molecule has 5 nitrogen and oxygen atoms in total. The number of rotatable bonds is 3. The molecule has 0 aromatic rings. The standard InChI is InChI=1S/C9H13N3O2/c1-6(7-2-3-7)12-9(14)8(13)11-5-4-10/h6-7H,2-3,5H2,1H3,(H,11,13)(H,12,14). The second kappa shape index (κ2) is 4.61. The van der Waals surface area contributed by atoms with E-state index < -0.39 is 11.8 Å². The number of hydrogen-bond acceptors (Lipinski definition) is 3. The van der Waals surface area contributed by atoms with Crippen molar-refractivity contribution in [1.82, 2.24) is 10.6 Å². The first-order valence-corrected chi connectivity index (χ1v) is 4.60. The number of carbonyl (C=O) groups is 2. The van der Waals surface area contributed by atoms with Crippen LogP contribution in [0.3, 0.4) is 0 Å². The minimum absolute atomic E-state index is 0.0512. The summed E-state index contributed by atoms with van der Waals surface area (Å²) in [5, 5.41) is 13.0. The zero-order valence-electron chi connectivity index (χ0n) is 8.04. The predicted molar refractivity (Wildman–Crippen MR) is 49.0 cm³/mol. The lowest BCUT2D eigenvalue weighted by molar-refractivity contribution is -0.139. The molecule has 0 radical (unpaired) electrons. The van der Waals surface area contributed by atoms with Gasteiger partial charge in [0.1, 0.15) is 6.54 Å². The molecular weight excluding hydrogens is 182 g/mol. The fourth-order valence-corrected chi connectivity index (χ4v) is 1.19. The molecule has 0 aromatic heterocycles. The van der Waals surface area contributed by atoms with Crippen molar-refractivity contribution in [2.75, 3.05) is 6.54 Å². The van der Waals surface area contributed by atoms with Crippen LogP contribution >= 0.6 is 0 Å². The Morgan fingerprint density at radius 3 is 2.64 bits per heavy atom. The van der Waals surface area contributed by atoms with Gasteiger partial charge in [0.25, 0.3) is 0 Å². The summed E-state index contributed by atoms with van der Waals surface area (Å²) in [6.45, 7) is 1.75. The molecule has 1 fully saturated rings. The molecular formula is C9H13N3O2. The summed E-state index contributed by atoms with van der Waals surface area (Å²) in [4.78, 5) is 22.2. The van der Waals surface area contributed by atoms with Crippen LogP contribution in [0.5, 0.6) is 0 Å². The number of nitriles is 1. The quantitative estimate of drug-likeness (QED) is 0.472. The highest BCUT2D eigenvalue weighted by Crippen LogP contribution is 2.32. The summed E-state index contributed by atoms with van der Waals surface area (Å²) < 4.78 is 0. The van der Waals surface area contributed by atoms with Gasteiger partial charge in [-0.3, -0.25) is 9.59 Å². The first-order valence-electron chi connectivity index (χ1n) is 4.60. The van der Waals surface area contributed by atoms with Gasteiger partial charge in [-0.15, -0.1) is 0 Å². The number of nitrogens with one attached hydrogen (secondary N) is 2. The summed E-state index contributed by atoms with van der Waals surface area (Å²) in [5.41, 5.74) is 0. The summed E-state index contributed by atoms with van der Waals surface area (Å²) >= 11 is 0. The maximum absolute atomic E-state index is 11.2. The molecule has 1 saturated carbocycles. The highest BCUT2D eigenvalue weighted by Gasteiger charge is 2.30. The van der Waals surface area contributed by atoms with E-state index in [0.29, 0.717) is 5.92 Å². The topological polar surface area (TPSA) is 82.0 Å². The van der Waals surface area contributed by atoms with E-state index in [9.17, 15) is 9.59 Å². The third-order valence-corrected chi connectivity index (χ3v) is 2.22. The van der Waals surface area contributed by atoms with Gasteiger partial charge in [-0.1, -0.05) is 0 Å². The van der Waals surface area contributed by atoms with Crippen LogP contribution in [0, 0.1) is 17.2 Å². The van der Waals surface area contributed by atoms with Crippen LogP contribution < -0.4 is 10.6 Å². The fourth-order valence-electron chi connectivity index (χ4n) is 1.19. The average molecular weight is 195 g/mol. The zero-order chi connectivity index (χ0) is 10.6. The van der Waals surface area contributed by atoms with Crippen molar-refractivity contribution in [2.24, 2.45) is 5.92 Å². The van der Waals surface area contributed by atoms with E-state index in [4.69, 9.17) is 5.26 Å². The number of carbonyl (C=O) groups excluding carboxylic acids is 2. The molecule has 2 amide bonds. The Morgan fingerprint density at radius 2 is 2.14 bits per heavy atom. The maximum Gasteiger partial charge on any atom is 0.310 e. The van der Waals surface area contributed by atoms with Gasteiger partial charge in [0.05, 0.1) is 6.07 Å². The van der Waals surface area contributed by atoms with Crippen LogP contribution in [0.15, 0.2) is 0 Å². The Kier molecular flexibility index (Phi) is 3.46. The molecule has 5 heteroatoms. The molecule has 0 heterocycles. The van der Waals surface area contributed by atoms with Gasteiger partial charge in [-0.05, 0) is 25.7 Å². The predicted octanol–water partition coefficient (Wildman–Crippen LogP) is -0.459. The molecule has 1 aliphatic rings. The molecule has 2 N–H and O–H groups in total. The first kappa shape index (κ1) is 10.5. The van der Waals surface area contributed by atoms with E-state index in [0.717, 1.165) is 12.8 Å². The second-order valence-electron chi connectivity index (χ2n) is 3.44. The third kappa shape index (κ3) is 3.05. The largest absolute Gasteiger partial charge is 0.345 e. The zero-order valence-corrected chi connectivity index (χ0v) is 8.04. The van der Waals surface area contributed by atoms with Gasteiger partial charge >= 0.3 is 11.8 Å². The smallest absolute Gasteiger partial charge is 0.310 e. The highest BCUT2D eigenvalue weighted by atomic mass is 16.2. The summed E-state index contributed by atoms with van der Waals surface area (Å²) in [6.07, 6.45) is 2.22. The van der Waals surface area contributed by atoms with Crippen LogP contribution in [0.2, 0.25) is 0 Å². The van der Waals surface area contributed by atoms with Gasteiger partial charge in [0.2, 0.25) is 0 Å². The van der Waals surface area contributed by atoms with Crippen molar-refractivity contribution in [3.8, 4) is 6.07 Å². The van der Waals surface area contributed by atoms with Gasteiger partial charge in [0, 0.05) is 6.04 Å². The Balaban J connectivity index is 2.26. The van der Waals surface area contributed by atoms with Crippen LogP contribution in [0.1, 0.15) is 19.8 Å². The fraction of sp³-hybridized carbons (Fsp3) is 0.667. The van der Waals surface area contributed by atoms with E-state index in [2.05, 4.69) is 10.6 Å². The van der Waals surface area contributed by atoms with Crippen LogP contribution in [0.25, 0.3) is 0 Å². The summed E-state index contributed by atoms with van der Waals surface area (Å²) in [6, 6.07) is 1.78. The minimum atomic E-state index is -0.737. The lowest BCUT2D eigenvalue weighted by Crippen LogP contribution is -2.44. The number of amides is 2. The number of nitrogens with zero attached hydrogens (tertiary/aromatic N) is 1. The molecule has 0 saturated heterocycles. The molecule has 0 spiro atoms. The Labute approximate surface area is 82.5 Å². The van der Waals surface area contributed by atoms with Gasteiger partial charge < -0.3 is 10.6 Å². The molecule has 1 rings (SSSR count). The van der Waals surface area contributed by atoms with Crippen molar-refractivity contribution in [3.05, 3.63) is 0 Å². The molecule has 14 heavy (non-hydrogen) atoms. The Bertz CT molecular complexity index is 278. The SMILES string of the molecule is CC(NC(=O)C(=O)NCC#N)C1CC1. The summed E-state index contributed by atoms with van der Waals surface area (Å²) in [7, 11) is 0. The monoisotopic (exact) mass is 195 g/mol. The molecule has 0 aliphatic heterocycles. The molecule has 1 aliphatic carbocycles. The van der Waals surface area contributed by atoms with Crippen molar-refractivity contribution >= 4 is 11.8 Å². The van der Waals surface area contributed by atoms with Gasteiger partial charge in [-0.25, -0.2) is 0 Å². The number of hydrogen-bond donors (Lipinski definition) is 2. The lowest BCUT2D eigenvalue weighted by Gasteiger charge is -2.11. The second-order valence-corrected chi connectivity index (χ2v) is 3.44. The molecule has 1 atom stereocenters. The third-order valence-electron chi connectivity index (χ3n) is 2.22. The molecule has 0 bridgehead atoms. The molecule has 76 valence electrons. The molecule has 0 aromatic carbocycles. The van der Waals surface area contributed by atoms with Crippen molar-refractivity contribution in [1.29, 1.82) is 5.26 Å². The highest BCUT2D eigenvalue weighted by molar-refractivity contribution is 6.35. The lowest BCUT2D eigenvalue weighted by atomic mass is 10.2. The minimum Gasteiger partial charge on any atom is -0.345 e. The van der Waals surface area contributed by atoms with Crippen molar-refractivity contribution in [3.63, 3.8) is 0 Å². The van der Waals surface area contributed by atoms with Crippen LogP contribution in [-0.2, 0) is 9.59 Å². The van der Waals surface area contributed by atoms with E-state index in [1.807, 2.05) is 6.92 Å². The molecule has 1 unspecified atom stereocenters. The normalized spacial score (nSPS) is 16.6. The van der Waals surface area contributed by atoms with Crippen molar-refractivity contribution < 1.29 is 9.59 Å². The van der Waals surface area contributed by atoms with Gasteiger partial charge in [0.15, 0.2) is 0 Å². The summed E-state index contributed by atoms with van der Waals surface area (Å²) in [5.74, 6) is -0.874. The van der Waals surface area contributed by atoms with E-state index in [1.54, 1.807) is 6.07 Å². The first-order chi connectivity index (χ1) is 6.65. The van der Waals surface area contributed by atoms with Gasteiger partial charge in [-0.2, -0.15) is 5.26 Å². The Hall–Kier alpha value is -1.57. The van der Waals surface area contributed by atoms with E-state index >= 15 is 0 Å². The average Bonchev–Trinajstić information content (AvgIpc) is 2.96. The van der Waals surface area contributed by atoms with E-state index in [1.165, 1.54) is 0 Å². The van der Waals surface area contributed by atoms with E-state index in [-0.39, 0.29) is 12.6 Å². The Morgan fingerprint density at radius 1 is 1.50 bits per heavy atom.